The van der Waals surface area contributed by atoms with Crippen LogP contribution in [-0.2, 0) is 4.79 Å². The normalized spacial score (nSPS) is 17.4. The molecule has 0 spiro atoms. The van der Waals surface area contributed by atoms with Crippen LogP contribution in [-0.4, -0.2) is 37.3 Å². The first-order chi connectivity index (χ1) is 12.2. The Morgan fingerprint density at radius 3 is 2.80 bits per heavy atom. The summed E-state index contributed by atoms with van der Waals surface area (Å²) in [6.45, 7) is 1.37. The van der Waals surface area contributed by atoms with Gasteiger partial charge in [0.15, 0.2) is 0 Å². The molecule has 132 valence electrons. The number of nitrogens with zero attached hydrogens (tertiary/aromatic N) is 1. The lowest BCUT2D eigenvalue weighted by Gasteiger charge is -2.24. The maximum atomic E-state index is 12.5. The molecule has 4 nitrogen and oxygen atoms in total. The van der Waals surface area contributed by atoms with Gasteiger partial charge in [-0.15, -0.1) is 11.8 Å². The molecule has 3 rings (SSSR count). The van der Waals surface area contributed by atoms with Crippen molar-refractivity contribution in [3.05, 3.63) is 54.1 Å². The summed E-state index contributed by atoms with van der Waals surface area (Å²) in [5.74, 6) is 0.901. The van der Waals surface area contributed by atoms with E-state index in [9.17, 15) is 4.79 Å². The van der Waals surface area contributed by atoms with Crippen LogP contribution in [0.1, 0.15) is 24.4 Å². The highest BCUT2D eigenvalue weighted by molar-refractivity contribution is 7.98. The Labute approximate surface area is 153 Å². The van der Waals surface area contributed by atoms with E-state index in [0.29, 0.717) is 12.6 Å². The SMILES string of the molecule is COc1ccc(C2CCCN2CC(=O)Nc2cccc(SC)c2)cc1. The quantitative estimate of drug-likeness (QED) is 0.788. The highest BCUT2D eigenvalue weighted by atomic mass is 32.2. The molecule has 0 bridgehead atoms. The predicted octanol–water partition coefficient (Wildman–Crippen LogP) is 4.19. The maximum Gasteiger partial charge on any atom is 0.238 e. The molecule has 1 heterocycles. The zero-order chi connectivity index (χ0) is 17.6. The summed E-state index contributed by atoms with van der Waals surface area (Å²) in [5, 5.41) is 3.02. The number of thioether (sulfide) groups is 1. The third kappa shape index (κ3) is 4.55. The monoisotopic (exact) mass is 356 g/mol. The Balaban J connectivity index is 1.63. The summed E-state index contributed by atoms with van der Waals surface area (Å²) < 4.78 is 5.23. The van der Waals surface area contributed by atoms with Gasteiger partial charge in [-0.25, -0.2) is 0 Å². The fraction of sp³-hybridized carbons (Fsp3) is 0.350. The largest absolute Gasteiger partial charge is 0.497 e. The minimum atomic E-state index is 0.0404. The number of rotatable bonds is 6. The molecule has 1 aliphatic heterocycles. The lowest BCUT2D eigenvalue weighted by atomic mass is 10.0. The van der Waals surface area contributed by atoms with Crippen LogP contribution in [0.25, 0.3) is 0 Å². The number of methoxy groups -OCH3 is 1. The molecule has 0 aromatic heterocycles. The maximum absolute atomic E-state index is 12.5. The third-order valence-electron chi connectivity index (χ3n) is 4.56. The van der Waals surface area contributed by atoms with E-state index >= 15 is 0 Å². The number of hydrogen-bond donors (Lipinski definition) is 1. The van der Waals surface area contributed by atoms with Gasteiger partial charge in [0.2, 0.25) is 5.91 Å². The average Bonchev–Trinajstić information content (AvgIpc) is 3.09. The predicted molar refractivity (Wildman–Crippen MR) is 103 cm³/mol. The van der Waals surface area contributed by atoms with Gasteiger partial charge in [0.05, 0.1) is 13.7 Å². The van der Waals surface area contributed by atoms with Crippen molar-refractivity contribution >= 4 is 23.4 Å². The Hall–Kier alpha value is -1.98. The van der Waals surface area contributed by atoms with Crippen LogP contribution < -0.4 is 10.1 Å². The fourth-order valence-electron chi connectivity index (χ4n) is 3.30. The number of benzene rings is 2. The van der Waals surface area contributed by atoms with Crippen LogP contribution in [0, 0.1) is 0 Å². The van der Waals surface area contributed by atoms with Gasteiger partial charge in [0, 0.05) is 16.6 Å². The smallest absolute Gasteiger partial charge is 0.238 e. The second-order valence-corrected chi connectivity index (χ2v) is 7.06. The average molecular weight is 356 g/mol. The Morgan fingerprint density at radius 2 is 2.08 bits per heavy atom. The molecule has 2 aromatic carbocycles. The number of hydrogen-bond acceptors (Lipinski definition) is 4. The highest BCUT2D eigenvalue weighted by Crippen LogP contribution is 2.32. The van der Waals surface area contributed by atoms with Crippen LogP contribution in [0.15, 0.2) is 53.4 Å². The number of carbonyl (C=O) groups is 1. The molecule has 0 radical (unpaired) electrons. The molecule has 1 saturated heterocycles. The van der Waals surface area contributed by atoms with Crippen LogP contribution in [0.5, 0.6) is 5.75 Å². The molecule has 25 heavy (non-hydrogen) atoms. The van der Waals surface area contributed by atoms with E-state index in [1.165, 1.54) is 5.56 Å². The van der Waals surface area contributed by atoms with E-state index in [2.05, 4.69) is 22.3 Å². The molecule has 2 aromatic rings. The Kier molecular flexibility index (Phi) is 6.00. The summed E-state index contributed by atoms with van der Waals surface area (Å²) in [6.07, 6.45) is 4.23. The molecule has 1 fully saturated rings. The summed E-state index contributed by atoms with van der Waals surface area (Å²) in [6, 6.07) is 16.4. The second-order valence-electron chi connectivity index (χ2n) is 6.18. The molecule has 1 unspecified atom stereocenters. The Morgan fingerprint density at radius 1 is 1.28 bits per heavy atom. The molecule has 1 amide bonds. The minimum absolute atomic E-state index is 0.0404. The standard InChI is InChI=1S/C20H24N2O2S/c1-24-17-10-8-15(9-11-17)19-7-4-12-22(19)14-20(23)21-16-5-3-6-18(13-16)25-2/h3,5-6,8-11,13,19H,4,7,12,14H2,1-2H3,(H,21,23). The van der Waals surface area contributed by atoms with Gasteiger partial charge < -0.3 is 10.1 Å². The first kappa shape index (κ1) is 17.8. The van der Waals surface area contributed by atoms with E-state index in [1.807, 2.05) is 42.7 Å². The van der Waals surface area contributed by atoms with Gasteiger partial charge in [-0.3, -0.25) is 9.69 Å². The van der Waals surface area contributed by atoms with Crippen LogP contribution in [0.2, 0.25) is 0 Å². The van der Waals surface area contributed by atoms with Gasteiger partial charge >= 0.3 is 0 Å². The summed E-state index contributed by atoms with van der Waals surface area (Å²) in [7, 11) is 1.67. The first-order valence-electron chi connectivity index (χ1n) is 8.51. The Bertz CT molecular complexity index is 718. The highest BCUT2D eigenvalue weighted by Gasteiger charge is 2.27. The van der Waals surface area contributed by atoms with Gasteiger partial charge in [0.25, 0.3) is 0 Å². The van der Waals surface area contributed by atoms with E-state index in [-0.39, 0.29) is 5.91 Å². The zero-order valence-electron chi connectivity index (χ0n) is 14.7. The van der Waals surface area contributed by atoms with Crippen molar-refractivity contribution in [1.29, 1.82) is 0 Å². The van der Waals surface area contributed by atoms with Crippen molar-refractivity contribution < 1.29 is 9.53 Å². The van der Waals surface area contributed by atoms with Crippen LogP contribution in [0.4, 0.5) is 5.69 Å². The number of carbonyl (C=O) groups excluding carboxylic acids is 1. The van der Waals surface area contributed by atoms with E-state index in [0.717, 1.165) is 35.7 Å². The number of likely N-dealkylation sites (tertiary alicyclic amines) is 1. The minimum Gasteiger partial charge on any atom is -0.497 e. The van der Waals surface area contributed by atoms with Crippen molar-refractivity contribution in [2.24, 2.45) is 0 Å². The third-order valence-corrected chi connectivity index (χ3v) is 5.29. The summed E-state index contributed by atoms with van der Waals surface area (Å²) in [5.41, 5.74) is 2.10. The number of ether oxygens (including phenoxy) is 1. The van der Waals surface area contributed by atoms with Crippen molar-refractivity contribution in [2.45, 2.75) is 23.8 Å². The molecule has 1 aliphatic rings. The van der Waals surface area contributed by atoms with Crippen LogP contribution >= 0.6 is 11.8 Å². The summed E-state index contributed by atoms with van der Waals surface area (Å²) in [4.78, 5) is 15.9. The van der Waals surface area contributed by atoms with E-state index in [1.54, 1.807) is 18.9 Å². The van der Waals surface area contributed by atoms with Crippen molar-refractivity contribution in [2.75, 3.05) is 31.8 Å². The van der Waals surface area contributed by atoms with Crippen molar-refractivity contribution in [3.8, 4) is 5.75 Å². The zero-order valence-corrected chi connectivity index (χ0v) is 15.5. The molecular formula is C20H24N2O2S. The second kappa shape index (κ2) is 8.41. The number of amides is 1. The van der Waals surface area contributed by atoms with Gasteiger partial charge in [-0.1, -0.05) is 18.2 Å². The lowest BCUT2D eigenvalue weighted by Crippen LogP contribution is -2.32. The fourth-order valence-corrected chi connectivity index (χ4v) is 3.76. The lowest BCUT2D eigenvalue weighted by molar-refractivity contribution is -0.117. The molecule has 5 heteroatoms. The van der Waals surface area contributed by atoms with Crippen LogP contribution in [0.3, 0.4) is 0 Å². The van der Waals surface area contributed by atoms with Gasteiger partial charge in [-0.2, -0.15) is 0 Å². The topological polar surface area (TPSA) is 41.6 Å². The van der Waals surface area contributed by atoms with Gasteiger partial charge in [-0.05, 0) is 61.5 Å². The van der Waals surface area contributed by atoms with Crippen molar-refractivity contribution in [3.63, 3.8) is 0 Å². The molecular weight excluding hydrogens is 332 g/mol. The van der Waals surface area contributed by atoms with Gasteiger partial charge in [0.1, 0.15) is 5.75 Å². The molecule has 0 saturated carbocycles. The summed E-state index contributed by atoms with van der Waals surface area (Å²) >= 11 is 1.67. The number of nitrogens with one attached hydrogen (secondary N) is 1. The molecule has 0 aliphatic carbocycles. The van der Waals surface area contributed by atoms with Crippen molar-refractivity contribution in [1.82, 2.24) is 4.90 Å². The first-order valence-corrected chi connectivity index (χ1v) is 9.74. The molecule has 1 N–H and O–H groups in total. The molecule has 1 atom stereocenters. The number of anilines is 1. The van der Waals surface area contributed by atoms with E-state index in [4.69, 9.17) is 4.74 Å². The van der Waals surface area contributed by atoms with E-state index < -0.39 is 0 Å².